The van der Waals surface area contributed by atoms with Gasteiger partial charge in [-0.15, -0.1) is 23.5 Å². The predicted molar refractivity (Wildman–Crippen MR) is 234 cm³/mol. The summed E-state index contributed by atoms with van der Waals surface area (Å²) in [5.41, 5.74) is -1.53. The number of aliphatic carboxylic acids is 2. The van der Waals surface area contributed by atoms with Crippen LogP contribution in [0, 0.1) is 10.8 Å². The zero-order valence-electron chi connectivity index (χ0n) is 36.3. The zero-order chi connectivity index (χ0) is 45.9. The highest BCUT2D eigenvalue weighted by Crippen LogP contribution is 2.24. The van der Waals surface area contributed by atoms with E-state index in [2.05, 4.69) is 31.3 Å². The quantitative estimate of drug-likeness (QED) is 0.0296. The second-order valence-corrected chi connectivity index (χ2v) is 19.4. The molecule has 0 aliphatic heterocycles. The van der Waals surface area contributed by atoms with E-state index in [0.717, 1.165) is 11.8 Å². The van der Waals surface area contributed by atoms with Crippen molar-refractivity contribution in [2.75, 3.05) is 81.8 Å². The summed E-state index contributed by atoms with van der Waals surface area (Å²) in [4.78, 5) is 84.0. The molecule has 0 saturated carbocycles. The van der Waals surface area contributed by atoms with Crippen LogP contribution in [-0.2, 0) is 43.0 Å². The molecule has 0 aromatic heterocycles. The Balaban J connectivity index is 4.26. The van der Waals surface area contributed by atoms with Gasteiger partial charge in [0.2, 0.25) is 17.7 Å². The minimum Gasteiger partial charge on any atom is -0.480 e. The van der Waals surface area contributed by atoms with Gasteiger partial charge in [-0.2, -0.15) is 0 Å². The predicted octanol–water partition coefficient (Wildman–Crippen LogP) is 0.0166. The molecule has 0 rings (SSSR count). The van der Waals surface area contributed by atoms with Crippen LogP contribution in [-0.4, -0.2) is 173 Å². The number of carbonyl (C=O) groups is 7. The number of rotatable bonds is 35. The summed E-state index contributed by atoms with van der Waals surface area (Å²) < 4.78 is 14.7. The van der Waals surface area contributed by atoms with E-state index in [1.807, 2.05) is 34.6 Å². The van der Waals surface area contributed by atoms with Crippen LogP contribution in [0.1, 0.15) is 74.1 Å². The molecule has 348 valence electrons. The molecular weight excluding hydrogens is 845 g/mol. The molecule has 0 bridgehead atoms. The van der Waals surface area contributed by atoms with E-state index in [4.69, 9.17) is 14.6 Å². The third kappa shape index (κ3) is 28.8. The van der Waals surface area contributed by atoms with Crippen LogP contribution in [0.2, 0.25) is 0 Å². The molecule has 60 heavy (non-hydrogen) atoms. The van der Waals surface area contributed by atoms with E-state index in [-0.39, 0.29) is 66.0 Å². The first kappa shape index (κ1) is 57.3. The standard InChI is InChI=1S/C38H70N6O13S3/c1-36(2,3)28(46)9-16-56-24-37(4,5)11-17-57-38(6,7)19-29(47)44-26(35(54)55)21-59-23-30(48)40-12-13-42-33(51)32(50)27(45)10-18-60-43-15-14-41-31(49)22-58-20-25(39-8)34(52)53/h25-27,32,39,43,45,50H,9-24H2,1-8H3,(H,40,48)(H,41,49)(H,42,51)(H,44,47)(H,52,53)(H,54,55). The highest BCUT2D eigenvalue weighted by Gasteiger charge is 2.29. The van der Waals surface area contributed by atoms with Crippen molar-refractivity contribution < 1.29 is 63.5 Å². The number of carbonyl (C=O) groups excluding carboxylic acids is 5. The van der Waals surface area contributed by atoms with Crippen molar-refractivity contribution in [1.29, 1.82) is 0 Å². The second-order valence-electron chi connectivity index (χ2n) is 16.4. The average molecular weight is 915 g/mol. The maximum atomic E-state index is 12.7. The van der Waals surface area contributed by atoms with Gasteiger partial charge >= 0.3 is 11.9 Å². The van der Waals surface area contributed by atoms with Crippen LogP contribution >= 0.6 is 35.5 Å². The topological polar surface area (TPSA) is 291 Å². The molecule has 0 heterocycles. The second kappa shape index (κ2) is 30.4. The molecule has 4 unspecified atom stereocenters. The number of thioether (sulfide) groups is 2. The summed E-state index contributed by atoms with van der Waals surface area (Å²) in [6.07, 6.45) is -2.07. The fraction of sp³-hybridized carbons (Fsp3) is 0.816. The molecule has 0 saturated heterocycles. The number of amides is 4. The number of ketones is 1. The molecule has 0 fully saturated rings. The van der Waals surface area contributed by atoms with E-state index < -0.39 is 65.0 Å². The van der Waals surface area contributed by atoms with E-state index in [1.54, 1.807) is 13.8 Å². The molecule has 22 heteroatoms. The van der Waals surface area contributed by atoms with Crippen molar-refractivity contribution in [3.63, 3.8) is 0 Å². The van der Waals surface area contributed by atoms with Crippen molar-refractivity contribution in [3.8, 4) is 0 Å². The van der Waals surface area contributed by atoms with Crippen LogP contribution in [0.25, 0.3) is 0 Å². The maximum absolute atomic E-state index is 12.7. The third-order valence-corrected chi connectivity index (χ3v) is 11.4. The summed E-state index contributed by atoms with van der Waals surface area (Å²) in [5.74, 6) is -3.59. The largest absolute Gasteiger partial charge is 0.480 e. The lowest BCUT2D eigenvalue weighted by Gasteiger charge is -2.29. The van der Waals surface area contributed by atoms with Gasteiger partial charge in [-0.3, -0.25) is 33.5 Å². The normalized spacial score (nSPS) is 14.0. The number of nitrogens with one attached hydrogen (secondary N) is 6. The van der Waals surface area contributed by atoms with Gasteiger partial charge in [-0.05, 0) is 39.2 Å². The van der Waals surface area contributed by atoms with Crippen molar-refractivity contribution in [3.05, 3.63) is 0 Å². The molecule has 0 radical (unpaired) electrons. The minimum absolute atomic E-state index is 0.0125. The number of hydrogen-bond donors (Lipinski definition) is 10. The third-order valence-electron chi connectivity index (χ3n) is 8.52. The Kier molecular flexibility index (Phi) is 29.0. The summed E-state index contributed by atoms with van der Waals surface area (Å²) in [7, 11) is 1.53. The smallest absolute Gasteiger partial charge is 0.327 e. The molecule has 0 aromatic carbocycles. The molecule has 10 N–H and O–H groups in total. The number of hydrogen-bond acceptors (Lipinski definition) is 16. The minimum atomic E-state index is -1.70. The molecule has 19 nitrogen and oxygen atoms in total. The fourth-order valence-corrected chi connectivity index (χ4v) is 7.31. The number of ether oxygens (including phenoxy) is 2. The molecular formula is C38H70N6O13S3. The average Bonchev–Trinajstić information content (AvgIpc) is 3.14. The van der Waals surface area contributed by atoms with Crippen molar-refractivity contribution >= 4 is 76.8 Å². The van der Waals surface area contributed by atoms with Gasteiger partial charge in [-0.25, -0.2) is 4.79 Å². The first-order valence-electron chi connectivity index (χ1n) is 19.8. The van der Waals surface area contributed by atoms with E-state index >= 15 is 0 Å². The van der Waals surface area contributed by atoms with Gasteiger partial charge in [0, 0.05) is 61.9 Å². The Morgan fingerprint density at radius 2 is 1.27 bits per heavy atom. The van der Waals surface area contributed by atoms with Crippen LogP contribution in [0.4, 0.5) is 0 Å². The SMILES string of the molecule is CNC(CSCC(=O)NCCNSCCC(O)C(O)C(=O)NCCNC(=O)CSCC(NC(=O)CC(C)(C)OCCC(C)(C)COCCC(=O)C(C)(C)C)C(=O)O)C(=O)O. The molecule has 0 aliphatic rings. The lowest BCUT2D eigenvalue weighted by atomic mass is 9.89. The summed E-state index contributed by atoms with van der Waals surface area (Å²) >= 11 is 3.44. The number of Topliss-reactive ketones (excluding diaryl/α,β-unsaturated/α-hetero) is 1. The van der Waals surface area contributed by atoms with Gasteiger partial charge in [0.25, 0.3) is 5.91 Å². The van der Waals surface area contributed by atoms with E-state index in [9.17, 15) is 48.9 Å². The Morgan fingerprint density at radius 1 is 0.717 bits per heavy atom. The van der Waals surface area contributed by atoms with Gasteiger partial charge in [0.1, 0.15) is 17.9 Å². The van der Waals surface area contributed by atoms with E-state index in [0.29, 0.717) is 51.5 Å². The van der Waals surface area contributed by atoms with Crippen molar-refractivity contribution in [1.82, 2.24) is 31.3 Å². The van der Waals surface area contributed by atoms with Crippen LogP contribution in [0.3, 0.4) is 0 Å². The summed E-state index contributed by atoms with van der Waals surface area (Å²) in [6.45, 7) is 15.0. The lowest BCUT2D eigenvalue weighted by molar-refractivity contribution is -0.142. The van der Waals surface area contributed by atoms with Crippen molar-refractivity contribution in [2.45, 2.75) is 104 Å². The summed E-state index contributed by atoms with van der Waals surface area (Å²) in [5, 5.41) is 51.8. The van der Waals surface area contributed by atoms with Gasteiger partial charge in [-0.1, -0.05) is 46.6 Å². The van der Waals surface area contributed by atoms with Crippen LogP contribution in [0.5, 0.6) is 0 Å². The van der Waals surface area contributed by atoms with Gasteiger partial charge < -0.3 is 56.5 Å². The molecule has 0 spiro atoms. The first-order valence-corrected chi connectivity index (χ1v) is 23.0. The molecule has 0 aromatic rings. The number of carboxylic acids is 2. The Morgan fingerprint density at radius 3 is 1.82 bits per heavy atom. The number of carboxylic acid groups (broad SMARTS) is 2. The van der Waals surface area contributed by atoms with Crippen LogP contribution in [0.15, 0.2) is 0 Å². The van der Waals surface area contributed by atoms with E-state index in [1.165, 1.54) is 30.8 Å². The lowest BCUT2D eigenvalue weighted by Crippen LogP contribution is -2.46. The fourth-order valence-electron chi connectivity index (χ4n) is 4.74. The number of aliphatic hydroxyl groups is 2. The highest BCUT2D eigenvalue weighted by molar-refractivity contribution is 8.00. The molecule has 4 atom stereocenters. The summed E-state index contributed by atoms with van der Waals surface area (Å²) in [6, 6.07) is -1.98. The number of likely N-dealkylation sites (N-methyl/N-ethyl adjacent to an activating group) is 1. The first-order chi connectivity index (χ1) is 27.9. The maximum Gasteiger partial charge on any atom is 0.327 e. The molecule has 4 amide bonds. The monoisotopic (exact) mass is 914 g/mol. The van der Waals surface area contributed by atoms with Crippen LogP contribution < -0.4 is 31.3 Å². The zero-order valence-corrected chi connectivity index (χ0v) is 38.8. The Hall–Kier alpha value is -2.70. The highest BCUT2D eigenvalue weighted by atomic mass is 32.2. The number of aliphatic hydroxyl groups excluding tert-OH is 2. The Bertz CT molecular complexity index is 1350. The van der Waals surface area contributed by atoms with Crippen molar-refractivity contribution in [2.24, 2.45) is 10.8 Å². The van der Waals surface area contributed by atoms with Gasteiger partial charge in [0.15, 0.2) is 6.10 Å². The van der Waals surface area contributed by atoms with Gasteiger partial charge in [0.05, 0.1) is 42.8 Å². The Labute approximate surface area is 367 Å². The molecule has 0 aliphatic carbocycles.